The van der Waals surface area contributed by atoms with Crippen LogP contribution in [0.4, 0.5) is 4.39 Å². The van der Waals surface area contributed by atoms with Crippen LogP contribution < -0.4 is 0 Å². The highest BCUT2D eigenvalue weighted by Crippen LogP contribution is 2.24. The molecule has 0 fully saturated rings. The number of halogens is 2. The summed E-state index contributed by atoms with van der Waals surface area (Å²) < 4.78 is 24.3. The number of hydrogen-bond donors (Lipinski definition) is 0. The first-order valence-electron chi connectivity index (χ1n) is 5.55. The third kappa shape index (κ3) is 3.65. The number of carbonyl (C=O) groups is 1. The SMILES string of the molecule is COC[C@H](C)Cc1c(I)ccc(F)c1C(=O)OC. The van der Waals surface area contributed by atoms with Crippen LogP contribution in [0.1, 0.15) is 22.8 Å². The van der Waals surface area contributed by atoms with Crippen molar-refractivity contribution in [3.05, 3.63) is 32.6 Å². The Hall–Kier alpha value is -0.690. The molecule has 0 aliphatic heterocycles. The van der Waals surface area contributed by atoms with E-state index < -0.39 is 11.8 Å². The standard InChI is InChI=1S/C13H16FIO3/c1-8(7-17-2)6-9-11(15)5-4-10(14)12(9)13(16)18-3/h4-5,8H,6-7H2,1-3H3/t8-/m1/s1. The van der Waals surface area contributed by atoms with Crippen molar-refractivity contribution in [2.75, 3.05) is 20.8 Å². The molecule has 1 atom stereocenters. The maximum atomic E-state index is 13.8. The normalized spacial score (nSPS) is 12.3. The van der Waals surface area contributed by atoms with Crippen LogP contribution in [0.2, 0.25) is 0 Å². The van der Waals surface area contributed by atoms with Gasteiger partial charge in [-0.05, 0) is 52.6 Å². The van der Waals surface area contributed by atoms with Crippen LogP contribution in [0.15, 0.2) is 12.1 Å². The van der Waals surface area contributed by atoms with E-state index in [1.807, 2.05) is 6.92 Å². The Kier molecular flexibility index (Phi) is 6.01. The largest absolute Gasteiger partial charge is 0.465 e. The van der Waals surface area contributed by atoms with Crippen LogP contribution in [0, 0.1) is 15.3 Å². The summed E-state index contributed by atoms with van der Waals surface area (Å²) in [5, 5.41) is 0. The van der Waals surface area contributed by atoms with Crippen LogP contribution >= 0.6 is 22.6 Å². The number of ether oxygens (including phenoxy) is 2. The lowest BCUT2D eigenvalue weighted by molar-refractivity contribution is 0.0593. The monoisotopic (exact) mass is 366 g/mol. The van der Waals surface area contributed by atoms with Crippen LogP contribution in [0.3, 0.4) is 0 Å². The Morgan fingerprint density at radius 2 is 2.11 bits per heavy atom. The summed E-state index contributed by atoms with van der Waals surface area (Å²) in [6.07, 6.45) is 0.578. The van der Waals surface area contributed by atoms with E-state index >= 15 is 0 Å². The van der Waals surface area contributed by atoms with Gasteiger partial charge >= 0.3 is 5.97 Å². The zero-order chi connectivity index (χ0) is 13.7. The first kappa shape index (κ1) is 15.4. The molecule has 0 aromatic heterocycles. The van der Waals surface area contributed by atoms with Crippen LogP contribution in [0.25, 0.3) is 0 Å². The lowest BCUT2D eigenvalue weighted by atomic mass is 9.97. The summed E-state index contributed by atoms with van der Waals surface area (Å²) in [5.41, 5.74) is 0.722. The molecule has 1 rings (SSSR count). The number of benzene rings is 1. The van der Waals surface area contributed by atoms with E-state index in [-0.39, 0.29) is 11.5 Å². The van der Waals surface area contributed by atoms with Gasteiger partial charge in [0.2, 0.25) is 0 Å². The maximum absolute atomic E-state index is 13.8. The van der Waals surface area contributed by atoms with E-state index in [1.54, 1.807) is 13.2 Å². The molecule has 0 aliphatic rings. The van der Waals surface area contributed by atoms with Gasteiger partial charge in [0.15, 0.2) is 0 Å². The second-order valence-corrected chi connectivity index (χ2v) is 5.30. The van der Waals surface area contributed by atoms with Gasteiger partial charge in [-0.15, -0.1) is 0 Å². The van der Waals surface area contributed by atoms with Gasteiger partial charge in [-0.3, -0.25) is 0 Å². The van der Waals surface area contributed by atoms with Gasteiger partial charge in [0, 0.05) is 17.3 Å². The molecule has 0 spiro atoms. The van der Waals surface area contributed by atoms with Gasteiger partial charge < -0.3 is 9.47 Å². The molecule has 0 radical (unpaired) electrons. The second-order valence-electron chi connectivity index (χ2n) is 4.14. The first-order chi connectivity index (χ1) is 8.51. The smallest absolute Gasteiger partial charge is 0.341 e. The number of methoxy groups -OCH3 is 2. The molecule has 0 saturated carbocycles. The number of rotatable bonds is 5. The molecular formula is C13H16FIO3. The minimum Gasteiger partial charge on any atom is -0.465 e. The average Bonchev–Trinajstić information content (AvgIpc) is 2.33. The van der Waals surface area contributed by atoms with Gasteiger partial charge in [0.25, 0.3) is 0 Å². The highest BCUT2D eigenvalue weighted by Gasteiger charge is 2.21. The van der Waals surface area contributed by atoms with Crippen molar-refractivity contribution >= 4 is 28.6 Å². The second kappa shape index (κ2) is 7.04. The van der Waals surface area contributed by atoms with Crippen LogP contribution in [-0.4, -0.2) is 26.8 Å². The van der Waals surface area contributed by atoms with E-state index in [2.05, 4.69) is 27.3 Å². The predicted octanol–water partition coefficient (Wildman–Crippen LogP) is 3.04. The Bertz CT molecular complexity index is 434. The van der Waals surface area contributed by atoms with E-state index in [0.717, 1.165) is 3.57 Å². The fourth-order valence-electron chi connectivity index (χ4n) is 1.81. The quantitative estimate of drug-likeness (QED) is 0.594. The Morgan fingerprint density at radius 3 is 2.67 bits per heavy atom. The fourth-order valence-corrected chi connectivity index (χ4v) is 2.48. The molecule has 100 valence electrons. The maximum Gasteiger partial charge on any atom is 0.341 e. The molecule has 3 nitrogen and oxygen atoms in total. The Balaban J connectivity index is 3.15. The minimum absolute atomic E-state index is 0.0346. The molecule has 0 amide bonds. The van der Waals surface area contributed by atoms with Crippen molar-refractivity contribution in [2.24, 2.45) is 5.92 Å². The highest BCUT2D eigenvalue weighted by atomic mass is 127. The predicted molar refractivity (Wildman–Crippen MR) is 75.2 cm³/mol. The van der Waals surface area contributed by atoms with Crippen molar-refractivity contribution < 1.29 is 18.7 Å². The molecule has 0 unspecified atom stereocenters. The van der Waals surface area contributed by atoms with Crippen LogP contribution in [-0.2, 0) is 15.9 Å². The lowest BCUT2D eigenvalue weighted by Crippen LogP contribution is -2.15. The molecule has 5 heteroatoms. The van der Waals surface area contributed by atoms with Gasteiger partial charge in [-0.2, -0.15) is 0 Å². The molecule has 1 aromatic carbocycles. The summed E-state index contributed by atoms with van der Waals surface area (Å²) in [6, 6.07) is 2.95. The third-order valence-corrected chi connectivity index (χ3v) is 3.61. The Labute approximate surface area is 120 Å². The molecule has 0 aliphatic carbocycles. The van der Waals surface area contributed by atoms with E-state index in [0.29, 0.717) is 18.6 Å². The fraction of sp³-hybridized carbons (Fsp3) is 0.462. The molecule has 1 aromatic rings. The van der Waals surface area contributed by atoms with E-state index in [4.69, 9.17) is 4.74 Å². The van der Waals surface area contributed by atoms with Crippen molar-refractivity contribution in [1.29, 1.82) is 0 Å². The van der Waals surface area contributed by atoms with Gasteiger partial charge in [0.05, 0.1) is 12.7 Å². The number of esters is 1. The lowest BCUT2D eigenvalue weighted by Gasteiger charge is -2.15. The summed E-state index contributed by atoms with van der Waals surface area (Å²) in [4.78, 5) is 11.6. The van der Waals surface area contributed by atoms with E-state index in [1.165, 1.54) is 13.2 Å². The van der Waals surface area contributed by atoms with Gasteiger partial charge in [0.1, 0.15) is 5.82 Å². The van der Waals surface area contributed by atoms with Crippen molar-refractivity contribution in [2.45, 2.75) is 13.3 Å². The average molecular weight is 366 g/mol. The zero-order valence-corrected chi connectivity index (χ0v) is 12.8. The summed E-state index contributed by atoms with van der Waals surface area (Å²) in [5.74, 6) is -0.971. The van der Waals surface area contributed by atoms with Crippen LogP contribution in [0.5, 0.6) is 0 Å². The van der Waals surface area contributed by atoms with Crippen molar-refractivity contribution in [1.82, 2.24) is 0 Å². The zero-order valence-electron chi connectivity index (χ0n) is 10.6. The summed E-state index contributed by atoms with van der Waals surface area (Å²) in [7, 11) is 2.87. The molecule has 0 N–H and O–H groups in total. The molecule has 0 bridgehead atoms. The highest BCUT2D eigenvalue weighted by molar-refractivity contribution is 14.1. The summed E-state index contributed by atoms with van der Waals surface area (Å²) in [6.45, 7) is 2.55. The molecule has 0 heterocycles. The van der Waals surface area contributed by atoms with E-state index in [9.17, 15) is 9.18 Å². The minimum atomic E-state index is -0.634. The third-order valence-electron chi connectivity index (χ3n) is 2.60. The number of hydrogen-bond acceptors (Lipinski definition) is 3. The van der Waals surface area contributed by atoms with Crippen molar-refractivity contribution in [3.8, 4) is 0 Å². The number of carbonyl (C=O) groups excluding carboxylic acids is 1. The molecule has 18 heavy (non-hydrogen) atoms. The topological polar surface area (TPSA) is 35.5 Å². The summed E-state index contributed by atoms with van der Waals surface area (Å²) >= 11 is 2.10. The van der Waals surface area contributed by atoms with Crippen molar-refractivity contribution in [3.63, 3.8) is 0 Å². The Morgan fingerprint density at radius 1 is 1.44 bits per heavy atom. The first-order valence-corrected chi connectivity index (χ1v) is 6.63. The van der Waals surface area contributed by atoms with Gasteiger partial charge in [-0.25, -0.2) is 9.18 Å². The van der Waals surface area contributed by atoms with Gasteiger partial charge in [-0.1, -0.05) is 6.92 Å². The molecular weight excluding hydrogens is 350 g/mol. The molecule has 0 saturated heterocycles.